The molecule has 172 valence electrons. The highest BCUT2D eigenvalue weighted by Crippen LogP contribution is 2.40. The SMILES string of the molecule is C1=Cc2ccccc2NN=C1.COC(=O)[C@H]1[C@@H](OC(=O)c2ccccc2)C[C@@H]2CC[C@H]1N2C. The average Bonchev–Trinajstić information content (AvgIpc) is 3.03. The molecule has 2 fully saturated rings. The van der Waals surface area contributed by atoms with Crippen molar-refractivity contribution in [2.45, 2.75) is 37.5 Å². The molecule has 0 aromatic heterocycles. The zero-order chi connectivity index (χ0) is 23.2. The maximum atomic E-state index is 12.3. The molecule has 5 rings (SSSR count). The van der Waals surface area contributed by atoms with Crippen LogP contribution in [0.15, 0.2) is 65.8 Å². The number of nitrogens with zero attached hydrogens (tertiary/aromatic N) is 2. The number of hydrogen-bond donors (Lipinski definition) is 1. The van der Waals surface area contributed by atoms with E-state index in [9.17, 15) is 9.59 Å². The number of ether oxygens (including phenoxy) is 2. The lowest BCUT2D eigenvalue weighted by Crippen LogP contribution is -2.53. The van der Waals surface area contributed by atoms with E-state index in [-0.39, 0.29) is 18.0 Å². The average molecular weight is 448 g/mol. The first-order valence-electron chi connectivity index (χ1n) is 11.2. The Balaban J connectivity index is 0.000000196. The summed E-state index contributed by atoms with van der Waals surface area (Å²) in [7, 11) is 3.42. The molecule has 0 aliphatic carbocycles. The Bertz CT molecular complexity index is 1040. The number of rotatable bonds is 3. The van der Waals surface area contributed by atoms with Gasteiger partial charge in [0.2, 0.25) is 0 Å². The van der Waals surface area contributed by atoms with Crippen LogP contribution in [0.4, 0.5) is 5.69 Å². The van der Waals surface area contributed by atoms with Gasteiger partial charge in [0, 0.05) is 24.7 Å². The molecule has 33 heavy (non-hydrogen) atoms. The Morgan fingerprint density at radius 2 is 1.82 bits per heavy atom. The van der Waals surface area contributed by atoms with Gasteiger partial charge in [-0.3, -0.25) is 15.1 Å². The zero-order valence-electron chi connectivity index (χ0n) is 18.9. The van der Waals surface area contributed by atoms with E-state index in [0.29, 0.717) is 18.0 Å². The van der Waals surface area contributed by atoms with Crippen LogP contribution in [-0.4, -0.2) is 55.4 Å². The number of hydrogen-bond acceptors (Lipinski definition) is 7. The van der Waals surface area contributed by atoms with Gasteiger partial charge >= 0.3 is 11.9 Å². The van der Waals surface area contributed by atoms with Crippen LogP contribution in [0.2, 0.25) is 0 Å². The third kappa shape index (κ3) is 5.14. The number of hydrazone groups is 1. The molecule has 2 aromatic rings. The van der Waals surface area contributed by atoms with Gasteiger partial charge in [-0.2, -0.15) is 5.10 Å². The first kappa shape index (κ1) is 22.7. The highest BCUT2D eigenvalue weighted by atomic mass is 16.6. The molecule has 2 bridgehead atoms. The fraction of sp³-hybridized carbons (Fsp3) is 0.346. The van der Waals surface area contributed by atoms with Crippen molar-refractivity contribution in [3.63, 3.8) is 0 Å². The van der Waals surface area contributed by atoms with Gasteiger partial charge in [0.05, 0.1) is 18.4 Å². The van der Waals surface area contributed by atoms with E-state index in [1.54, 1.807) is 30.5 Å². The molecule has 1 N–H and O–H groups in total. The second-order valence-electron chi connectivity index (χ2n) is 8.39. The minimum atomic E-state index is -0.408. The van der Waals surface area contributed by atoms with Crippen LogP contribution >= 0.6 is 0 Å². The first-order chi connectivity index (χ1) is 16.1. The largest absolute Gasteiger partial charge is 0.469 e. The summed E-state index contributed by atoms with van der Waals surface area (Å²) in [5, 5.41) is 3.95. The first-order valence-corrected chi connectivity index (χ1v) is 11.2. The Morgan fingerprint density at radius 1 is 1.06 bits per heavy atom. The maximum absolute atomic E-state index is 12.3. The van der Waals surface area contributed by atoms with Gasteiger partial charge in [-0.25, -0.2) is 4.79 Å². The standard InChI is InChI=1S/C17H21NO4.C9H8N2/c1-18-12-8-9-13(18)15(17(20)21-2)14(10-12)22-16(19)11-6-4-3-5-7-11;1-2-6-9-8(4-1)5-3-7-10-11-9/h3-7,12-15H,8-10H2,1-2H3;1-7,11H/t12-,13+,14-,15+;/m0./s1. The topological polar surface area (TPSA) is 80.2 Å². The van der Waals surface area contributed by atoms with E-state index in [4.69, 9.17) is 9.47 Å². The highest BCUT2D eigenvalue weighted by molar-refractivity contribution is 5.89. The van der Waals surface area contributed by atoms with Crippen LogP contribution in [0.25, 0.3) is 6.08 Å². The molecule has 7 heteroatoms. The number of carbonyl (C=O) groups excluding carboxylic acids is 2. The monoisotopic (exact) mass is 447 g/mol. The van der Waals surface area contributed by atoms with Gasteiger partial charge in [0.1, 0.15) is 12.0 Å². The minimum absolute atomic E-state index is 0.0970. The number of methoxy groups -OCH3 is 1. The van der Waals surface area contributed by atoms with Gasteiger partial charge in [-0.1, -0.05) is 42.5 Å². The number of fused-ring (bicyclic) bond motifs is 3. The van der Waals surface area contributed by atoms with Crippen molar-refractivity contribution in [2.75, 3.05) is 19.6 Å². The molecule has 2 aromatic carbocycles. The lowest BCUT2D eigenvalue weighted by molar-refractivity contribution is -0.156. The van der Waals surface area contributed by atoms with E-state index < -0.39 is 12.0 Å². The summed E-state index contributed by atoms with van der Waals surface area (Å²) in [6.07, 6.45) is 7.94. The molecular formula is C26H29N3O4. The zero-order valence-corrected chi connectivity index (χ0v) is 18.9. The van der Waals surface area contributed by atoms with E-state index in [1.165, 1.54) is 12.7 Å². The maximum Gasteiger partial charge on any atom is 0.338 e. The van der Waals surface area contributed by atoms with Crippen molar-refractivity contribution in [1.29, 1.82) is 0 Å². The molecule has 0 unspecified atom stereocenters. The normalized spacial score (nSPS) is 25.0. The van der Waals surface area contributed by atoms with Crippen LogP contribution in [0, 0.1) is 5.92 Å². The Hall–Kier alpha value is -3.45. The summed E-state index contributed by atoms with van der Waals surface area (Å²) in [5.74, 6) is -1.06. The number of benzene rings is 2. The molecule has 0 spiro atoms. The van der Waals surface area contributed by atoms with Gasteiger partial charge in [-0.05, 0) is 49.7 Å². The van der Waals surface area contributed by atoms with Crippen LogP contribution in [0.3, 0.4) is 0 Å². The fourth-order valence-corrected chi connectivity index (χ4v) is 4.81. The van der Waals surface area contributed by atoms with Crippen molar-refractivity contribution in [3.8, 4) is 0 Å². The third-order valence-electron chi connectivity index (χ3n) is 6.54. The second kappa shape index (κ2) is 10.4. The quantitative estimate of drug-likeness (QED) is 0.717. The predicted octanol–water partition coefficient (Wildman–Crippen LogP) is 3.98. The van der Waals surface area contributed by atoms with Crippen LogP contribution in [0.5, 0.6) is 0 Å². The Morgan fingerprint density at radius 3 is 2.61 bits per heavy atom. The third-order valence-corrected chi connectivity index (χ3v) is 6.54. The van der Waals surface area contributed by atoms with Crippen molar-refractivity contribution in [1.82, 2.24) is 4.90 Å². The van der Waals surface area contributed by atoms with Crippen LogP contribution < -0.4 is 5.43 Å². The number of allylic oxidation sites excluding steroid dienone is 1. The summed E-state index contributed by atoms with van der Waals surface area (Å²) >= 11 is 0. The van der Waals surface area contributed by atoms with Crippen LogP contribution in [-0.2, 0) is 14.3 Å². The molecule has 3 aliphatic heterocycles. The molecular weight excluding hydrogens is 418 g/mol. The van der Waals surface area contributed by atoms with Gasteiger partial charge in [-0.15, -0.1) is 0 Å². The lowest BCUT2D eigenvalue weighted by Gasteiger charge is -2.40. The smallest absolute Gasteiger partial charge is 0.338 e. The molecule has 3 heterocycles. The molecule has 0 radical (unpaired) electrons. The number of nitrogens with one attached hydrogen (secondary N) is 1. The van der Waals surface area contributed by atoms with Crippen molar-refractivity contribution in [2.24, 2.45) is 11.0 Å². The van der Waals surface area contributed by atoms with Crippen LogP contribution in [0.1, 0.15) is 35.2 Å². The number of carbonyl (C=O) groups is 2. The Labute approximate surface area is 194 Å². The number of para-hydroxylation sites is 1. The fourth-order valence-electron chi connectivity index (χ4n) is 4.81. The molecule has 2 saturated heterocycles. The summed E-state index contributed by atoms with van der Waals surface area (Å²) < 4.78 is 10.6. The molecule has 7 nitrogen and oxygen atoms in total. The number of piperidine rings is 1. The summed E-state index contributed by atoms with van der Waals surface area (Å²) in [5.41, 5.74) is 5.67. The van der Waals surface area contributed by atoms with E-state index in [0.717, 1.165) is 18.5 Å². The van der Waals surface area contributed by atoms with Crippen molar-refractivity contribution >= 4 is 29.9 Å². The lowest BCUT2D eigenvalue weighted by atomic mass is 9.87. The molecule has 0 amide bonds. The predicted molar refractivity (Wildman–Crippen MR) is 128 cm³/mol. The van der Waals surface area contributed by atoms with E-state index in [1.807, 2.05) is 49.5 Å². The molecule has 0 saturated carbocycles. The van der Waals surface area contributed by atoms with E-state index in [2.05, 4.69) is 15.4 Å². The second-order valence-corrected chi connectivity index (χ2v) is 8.39. The van der Waals surface area contributed by atoms with Gasteiger partial charge in [0.25, 0.3) is 0 Å². The summed E-state index contributed by atoms with van der Waals surface area (Å²) in [4.78, 5) is 26.7. The summed E-state index contributed by atoms with van der Waals surface area (Å²) in [6.45, 7) is 0. The highest BCUT2D eigenvalue weighted by Gasteiger charge is 2.50. The van der Waals surface area contributed by atoms with E-state index >= 15 is 0 Å². The number of esters is 2. The number of anilines is 1. The molecule has 4 atom stereocenters. The van der Waals surface area contributed by atoms with Gasteiger partial charge < -0.3 is 9.47 Å². The van der Waals surface area contributed by atoms with Crippen molar-refractivity contribution < 1.29 is 19.1 Å². The summed E-state index contributed by atoms with van der Waals surface area (Å²) in [6, 6.07) is 17.4. The Kier molecular flexibility index (Phi) is 7.19. The van der Waals surface area contributed by atoms with Crippen molar-refractivity contribution in [3.05, 3.63) is 71.8 Å². The minimum Gasteiger partial charge on any atom is -0.469 e. The van der Waals surface area contributed by atoms with Gasteiger partial charge in [0.15, 0.2) is 0 Å². The molecule has 3 aliphatic rings.